The number of esters is 1. The molecule has 112 valence electrons. The average Bonchev–Trinajstić information content (AvgIpc) is 2.35. The van der Waals surface area contributed by atoms with Crippen LogP contribution >= 0.6 is 0 Å². The number of carbonyl (C=O) groups is 1. The first-order valence-electron chi connectivity index (χ1n) is 7.40. The first kappa shape index (κ1) is 18.5. The molecule has 2 nitrogen and oxygen atoms in total. The summed E-state index contributed by atoms with van der Waals surface area (Å²) in [4.78, 5) is 11.3. The van der Waals surface area contributed by atoms with Crippen LogP contribution in [-0.2, 0) is 9.53 Å². The van der Waals surface area contributed by atoms with Gasteiger partial charge in [0, 0.05) is 6.08 Å². The van der Waals surface area contributed by atoms with Crippen molar-refractivity contribution < 1.29 is 9.53 Å². The summed E-state index contributed by atoms with van der Waals surface area (Å²) in [5, 5.41) is 0. The fourth-order valence-corrected chi connectivity index (χ4v) is 1.87. The average molecular weight is 276 g/mol. The molecule has 0 spiro atoms. The van der Waals surface area contributed by atoms with E-state index in [4.69, 9.17) is 11.2 Å². The molecular formula is C18H28O2. The van der Waals surface area contributed by atoms with Gasteiger partial charge in [0.1, 0.15) is 0 Å². The van der Waals surface area contributed by atoms with Gasteiger partial charge in [-0.05, 0) is 30.8 Å². The van der Waals surface area contributed by atoms with Gasteiger partial charge in [-0.3, -0.25) is 0 Å². The predicted octanol–water partition coefficient (Wildman–Crippen LogP) is 4.52. The lowest BCUT2D eigenvalue weighted by Crippen LogP contribution is -2.01. The van der Waals surface area contributed by atoms with Crippen molar-refractivity contribution >= 4 is 5.97 Å². The van der Waals surface area contributed by atoms with E-state index in [2.05, 4.69) is 32.8 Å². The highest BCUT2D eigenvalue weighted by molar-refractivity contribution is 5.83. The summed E-state index contributed by atoms with van der Waals surface area (Å²) in [7, 11) is 0. The quantitative estimate of drug-likeness (QED) is 0.268. The van der Waals surface area contributed by atoms with E-state index in [0.29, 0.717) is 5.92 Å². The van der Waals surface area contributed by atoms with Gasteiger partial charge in [0.2, 0.25) is 0 Å². The van der Waals surface area contributed by atoms with E-state index in [1.165, 1.54) is 25.3 Å². The summed E-state index contributed by atoms with van der Waals surface area (Å²) in [5.74, 6) is 3.36. The van der Waals surface area contributed by atoms with Crippen LogP contribution in [0.3, 0.4) is 0 Å². The standard InChI is InChI=1S/C18H28O2/c1-6-13-20-18(19)14-17(5)12-8-11-16(4)10-7-9-15(2)3/h1,8,12,14-16H,7,9-11,13H2,2-5H3/b12-8+,17-14+/t16-/m1/s1. The number of hydrogen-bond acceptors (Lipinski definition) is 2. The Hall–Kier alpha value is -1.49. The number of ether oxygens (including phenoxy) is 1. The summed E-state index contributed by atoms with van der Waals surface area (Å²) in [5.41, 5.74) is 0.890. The molecule has 0 aliphatic heterocycles. The van der Waals surface area contributed by atoms with Crippen LogP contribution < -0.4 is 0 Å². The Morgan fingerprint density at radius 2 is 2.00 bits per heavy atom. The summed E-state index contributed by atoms with van der Waals surface area (Å²) in [6, 6.07) is 0. The Morgan fingerprint density at radius 1 is 1.30 bits per heavy atom. The molecule has 1 atom stereocenters. The fraction of sp³-hybridized carbons (Fsp3) is 0.611. The molecule has 0 amide bonds. The third kappa shape index (κ3) is 11.6. The van der Waals surface area contributed by atoms with Gasteiger partial charge in [-0.25, -0.2) is 4.79 Å². The van der Waals surface area contributed by atoms with Crippen molar-refractivity contribution in [3.63, 3.8) is 0 Å². The van der Waals surface area contributed by atoms with Crippen LogP contribution in [0, 0.1) is 24.2 Å². The number of terminal acetylenes is 1. The van der Waals surface area contributed by atoms with Gasteiger partial charge in [0.25, 0.3) is 0 Å². The summed E-state index contributed by atoms with van der Waals surface area (Å²) in [6.07, 6.45) is 15.5. The number of rotatable bonds is 9. The number of hydrogen-bond donors (Lipinski definition) is 0. The molecule has 0 aromatic rings. The highest BCUT2D eigenvalue weighted by Crippen LogP contribution is 2.15. The minimum absolute atomic E-state index is 0.0270. The largest absolute Gasteiger partial charge is 0.449 e. The van der Waals surface area contributed by atoms with Crippen LogP contribution in [-0.4, -0.2) is 12.6 Å². The highest BCUT2D eigenvalue weighted by atomic mass is 16.5. The van der Waals surface area contributed by atoms with Crippen LogP contribution in [0.1, 0.15) is 53.4 Å². The van der Waals surface area contributed by atoms with Crippen LogP contribution in [0.15, 0.2) is 23.8 Å². The highest BCUT2D eigenvalue weighted by Gasteiger charge is 2.01. The lowest BCUT2D eigenvalue weighted by atomic mass is 9.97. The van der Waals surface area contributed by atoms with Gasteiger partial charge < -0.3 is 4.74 Å². The maximum Gasteiger partial charge on any atom is 0.331 e. The van der Waals surface area contributed by atoms with E-state index in [1.54, 1.807) is 0 Å². The number of carbonyl (C=O) groups excluding carboxylic acids is 1. The fourth-order valence-electron chi connectivity index (χ4n) is 1.87. The second-order valence-corrected chi connectivity index (χ2v) is 5.77. The normalized spacial score (nSPS) is 13.5. The molecule has 0 heterocycles. The molecule has 20 heavy (non-hydrogen) atoms. The molecule has 0 unspecified atom stereocenters. The molecule has 0 saturated carbocycles. The molecule has 0 rings (SSSR count). The molecular weight excluding hydrogens is 248 g/mol. The Labute approximate surface area is 124 Å². The molecule has 2 heteroatoms. The Kier molecular flexibility index (Phi) is 10.5. The first-order valence-corrected chi connectivity index (χ1v) is 7.40. The topological polar surface area (TPSA) is 26.3 Å². The Morgan fingerprint density at radius 3 is 2.60 bits per heavy atom. The maximum absolute atomic E-state index is 11.3. The van der Waals surface area contributed by atoms with Crippen molar-refractivity contribution in [2.45, 2.75) is 53.4 Å². The summed E-state index contributed by atoms with van der Waals surface area (Å²) >= 11 is 0. The summed E-state index contributed by atoms with van der Waals surface area (Å²) < 4.78 is 4.78. The monoisotopic (exact) mass is 276 g/mol. The number of allylic oxidation sites excluding steroid dienone is 3. The van der Waals surface area contributed by atoms with Crippen LogP contribution in [0.4, 0.5) is 0 Å². The van der Waals surface area contributed by atoms with Gasteiger partial charge in [0.05, 0.1) is 0 Å². The zero-order valence-electron chi connectivity index (χ0n) is 13.3. The van der Waals surface area contributed by atoms with Crippen LogP contribution in [0.5, 0.6) is 0 Å². The molecule has 0 radical (unpaired) electrons. The van der Waals surface area contributed by atoms with Crippen molar-refractivity contribution in [2.75, 3.05) is 6.61 Å². The molecule has 0 bridgehead atoms. The van der Waals surface area contributed by atoms with Crippen molar-refractivity contribution in [1.29, 1.82) is 0 Å². The van der Waals surface area contributed by atoms with E-state index < -0.39 is 0 Å². The van der Waals surface area contributed by atoms with Gasteiger partial charge in [-0.15, -0.1) is 6.42 Å². The van der Waals surface area contributed by atoms with E-state index in [9.17, 15) is 4.79 Å². The zero-order chi connectivity index (χ0) is 15.4. The first-order chi connectivity index (χ1) is 9.45. The van der Waals surface area contributed by atoms with Gasteiger partial charge in [-0.2, -0.15) is 0 Å². The van der Waals surface area contributed by atoms with E-state index in [1.807, 2.05) is 13.0 Å². The molecule has 0 aliphatic carbocycles. The van der Waals surface area contributed by atoms with Gasteiger partial charge in [0.15, 0.2) is 6.61 Å². The third-order valence-corrected chi connectivity index (χ3v) is 3.04. The molecule has 0 saturated heterocycles. The van der Waals surface area contributed by atoms with Crippen LogP contribution in [0.2, 0.25) is 0 Å². The van der Waals surface area contributed by atoms with E-state index in [0.717, 1.165) is 17.9 Å². The lowest BCUT2D eigenvalue weighted by molar-refractivity contribution is -0.136. The SMILES string of the molecule is C#CCOC(=O)/C=C(C)/C=C/C[C@H](C)CCCC(C)C. The van der Waals surface area contributed by atoms with Gasteiger partial charge >= 0.3 is 5.97 Å². The molecule has 0 aliphatic rings. The van der Waals surface area contributed by atoms with E-state index in [-0.39, 0.29) is 12.6 Å². The van der Waals surface area contributed by atoms with Crippen molar-refractivity contribution in [3.05, 3.63) is 23.8 Å². The lowest BCUT2D eigenvalue weighted by Gasteiger charge is -2.09. The van der Waals surface area contributed by atoms with Crippen molar-refractivity contribution in [1.82, 2.24) is 0 Å². The second-order valence-electron chi connectivity index (χ2n) is 5.77. The van der Waals surface area contributed by atoms with Crippen molar-refractivity contribution in [3.8, 4) is 12.3 Å². The molecule has 0 fully saturated rings. The van der Waals surface area contributed by atoms with E-state index >= 15 is 0 Å². The smallest absolute Gasteiger partial charge is 0.331 e. The minimum Gasteiger partial charge on any atom is -0.449 e. The van der Waals surface area contributed by atoms with Crippen LogP contribution in [0.25, 0.3) is 0 Å². The van der Waals surface area contributed by atoms with Gasteiger partial charge in [-0.1, -0.05) is 58.1 Å². The summed E-state index contributed by atoms with van der Waals surface area (Å²) in [6.45, 7) is 8.71. The maximum atomic E-state index is 11.3. The molecule has 0 aromatic carbocycles. The zero-order valence-corrected chi connectivity index (χ0v) is 13.3. The Balaban J connectivity index is 3.95. The molecule has 0 aromatic heterocycles. The Bertz CT molecular complexity index is 369. The second kappa shape index (κ2) is 11.3. The molecule has 0 N–H and O–H groups in total. The predicted molar refractivity (Wildman–Crippen MR) is 85.2 cm³/mol. The van der Waals surface area contributed by atoms with Crippen molar-refractivity contribution in [2.24, 2.45) is 11.8 Å². The third-order valence-electron chi connectivity index (χ3n) is 3.04. The minimum atomic E-state index is -0.380.